The zero-order chi connectivity index (χ0) is 7.28. The van der Waals surface area contributed by atoms with Gasteiger partial charge in [0.1, 0.15) is 0 Å². The summed E-state index contributed by atoms with van der Waals surface area (Å²) < 4.78 is 0. The van der Waals surface area contributed by atoms with Crippen LogP contribution in [0.2, 0.25) is 0 Å². The molecule has 0 aromatic heterocycles. The van der Waals surface area contributed by atoms with Crippen molar-refractivity contribution < 1.29 is 1.43 Å². The van der Waals surface area contributed by atoms with Gasteiger partial charge in [-0.1, -0.05) is 6.58 Å². The molecule has 0 atom stereocenters. The predicted molar refractivity (Wildman–Crippen MR) is 43.5 cm³/mol. The van der Waals surface area contributed by atoms with Crippen LogP contribution >= 0.6 is 0 Å². The second-order valence-corrected chi connectivity index (χ2v) is 2.26. The van der Waals surface area contributed by atoms with Crippen LogP contribution in [0.25, 0.3) is 0 Å². The van der Waals surface area contributed by atoms with Crippen molar-refractivity contribution in [2.75, 3.05) is 27.2 Å². The van der Waals surface area contributed by atoms with E-state index in [-0.39, 0.29) is 1.43 Å². The van der Waals surface area contributed by atoms with E-state index < -0.39 is 0 Å². The van der Waals surface area contributed by atoms with Crippen molar-refractivity contribution in [2.45, 2.75) is 6.92 Å². The van der Waals surface area contributed by atoms with Gasteiger partial charge in [0.15, 0.2) is 0 Å². The molecule has 0 bridgehead atoms. The van der Waals surface area contributed by atoms with Gasteiger partial charge >= 0.3 is 0 Å². The van der Waals surface area contributed by atoms with E-state index in [9.17, 15) is 0 Å². The van der Waals surface area contributed by atoms with Crippen LogP contribution in [-0.2, 0) is 0 Å². The van der Waals surface area contributed by atoms with Crippen molar-refractivity contribution in [3.63, 3.8) is 0 Å². The Morgan fingerprint density at radius 1 is 1.78 bits per heavy atom. The van der Waals surface area contributed by atoms with E-state index in [0.29, 0.717) is 0 Å². The molecule has 1 N–H and O–H groups in total. The van der Waals surface area contributed by atoms with Gasteiger partial charge in [0.05, 0.1) is 0 Å². The molecule has 9 heavy (non-hydrogen) atoms. The number of likely N-dealkylation sites (N-methyl/N-ethyl adjacent to an activating group) is 2. The minimum absolute atomic E-state index is 0. The summed E-state index contributed by atoms with van der Waals surface area (Å²) in [5.74, 6) is 0. The monoisotopic (exact) mass is 130 g/mol. The molecule has 0 aliphatic rings. The Balaban J connectivity index is 0. The van der Waals surface area contributed by atoms with Crippen molar-refractivity contribution in [3.8, 4) is 0 Å². The Bertz CT molecular complexity index is 93.6. The number of hydrogen-bond donors (Lipinski definition) is 1. The third-order valence-corrected chi connectivity index (χ3v) is 1.35. The molecule has 0 heterocycles. The SMILES string of the molecule is C=C(C)N(C)CCNC.[HH]. The molecule has 0 unspecified atom stereocenters. The molecule has 0 saturated heterocycles. The van der Waals surface area contributed by atoms with E-state index >= 15 is 0 Å². The van der Waals surface area contributed by atoms with Gasteiger partial charge < -0.3 is 10.2 Å². The van der Waals surface area contributed by atoms with Crippen LogP contribution in [0.15, 0.2) is 12.3 Å². The van der Waals surface area contributed by atoms with Gasteiger partial charge in [-0.3, -0.25) is 0 Å². The molecule has 0 aromatic rings. The first-order chi connectivity index (χ1) is 4.18. The number of allylic oxidation sites excluding steroid dienone is 1. The first-order valence-electron chi connectivity index (χ1n) is 3.19. The normalized spacial score (nSPS) is 9.22. The molecule has 0 amide bonds. The fourth-order valence-corrected chi connectivity index (χ4v) is 0.470. The van der Waals surface area contributed by atoms with E-state index in [1.54, 1.807) is 0 Å². The smallest absolute Gasteiger partial charge is 0.0296 e. The van der Waals surface area contributed by atoms with E-state index in [1.807, 2.05) is 21.0 Å². The Morgan fingerprint density at radius 3 is 2.67 bits per heavy atom. The summed E-state index contributed by atoms with van der Waals surface area (Å²) in [6.07, 6.45) is 0. The molecule has 0 rings (SSSR count). The molecule has 56 valence electrons. The van der Waals surface area contributed by atoms with Crippen LogP contribution in [0.5, 0.6) is 0 Å². The highest BCUT2D eigenvalue weighted by Crippen LogP contribution is 1.92. The standard InChI is InChI=1S/C7H16N2.H2/c1-7(2)9(4)6-5-8-3;/h8H,1,5-6H2,2-4H3;1H. The Kier molecular flexibility index (Phi) is 4.14. The second kappa shape index (κ2) is 4.39. The first kappa shape index (κ1) is 8.50. The largest absolute Gasteiger partial charge is 0.377 e. The number of rotatable bonds is 4. The molecule has 0 fully saturated rings. The lowest BCUT2D eigenvalue weighted by molar-refractivity contribution is 0.418. The highest BCUT2D eigenvalue weighted by atomic mass is 15.1. The first-order valence-corrected chi connectivity index (χ1v) is 3.19. The fourth-order valence-electron chi connectivity index (χ4n) is 0.470. The Hall–Kier alpha value is -0.500. The lowest BCUT2D eigenvalue weighted by Crippen LogP contribution is -2.25. The maximum Gasteiger partial charge on any atom is 0.0296 e. The van der Waals surface area contributed by atoms with Gasteiger partial charge in [0, 0.05) is 27.3 Å². The highest BCUT2D eigenvalue weighted by Gasteiger charge is 1.92. The third-order valence-electron chi connectivity index (χ3n) is 1.35. The molecular weight excluding hydrogens is 112 g/mol. The van der Waals surface area contributed by atoms with Crippen LogP contribution in [0.4, 0.5) is 0 Å². The van der Waals surface area contributed by atoms with Crippen LogP contribution in [0, 0.1) is 0 Å². The van der Waals surface area contributed by atoms with Crippen molar-refractivity contribution in [2.24, 2.45) is 0 Å². The molecule has 0 spiro atoms. The van der Waals surface area contributed by atoms with E-state index in [0.717, 1.165) is 18.8 Å². The lowest BCUT2D eigenvalue weighted by Gasteiger charge is -2.17. The van der Waals surface area contributed by atoms with Crippen molar-refractivity contribution >= 4 is 0 Å². The van der Waals surface area contributed by atoms with Crippen molar-refractivity contribution in [3.05, 3.63) is 12.3 Å². The molecule has 0 aliphatic heterocycles. The Labute approximate surface area is 59.0 Å². The summed E-state index contributed by atoms with van der Waals surface area (Å²) in [4.78, 5) is 2.12. The quantitative estimate of drug-likeness (QED) is 0.608. The zero-order valence-corrected chi connectivity index (χ0v) is 6.57. The lowest BCUT2D eigenvalue weighted by atomic mass is 10.4. The number of hydrogen-bond acceptors (Lipinski definition) is 2. The maximum atomic E-state index is 3.81. The molecule has 0 saturated carbocycles. The van der Waals surface area contributed by atoms with E-state index in [4.69, 9.17) is 0 Å². The highest BCUT2D eigenvalue weighted by molar-refractivity contribution is 4.85. The van der Waals surface area contributed by atoms with Crippen molar-refractivity contribution in [1.82, 2.24) is 10.2 Å². The van der Waals surface area contributed by atoms with Crippen LogP contribution in [0.3, 0.4) is 0 Å². The van der Waals surface area contributed by atoms with Gasteiger partial charge in [-0.25, -0.2) is 0 Å². The summed E-state index contributed by atoms with van der Waals surface area (Å²) in [5.41, 5.74) is 1.12. The summed E-state index contributed by atoms with van der Waals surface area (Å²) in [7, 11) is 3.99. The summed E-state index contributed by atoms with van der Waals surface area (Å²) in [6, 6.07) is 0. The van der Waals surface area contributed by atoms with Gasteiger partial charge in [0.25, 0.3) is 0 Å². The Morgan fingerprint density at radius 2 is 2.33 bits per heavy atom. The van der Waals surface area contributed by atoms with E-state index in [1.165, 1.54) is 0 Å². The summed E-state index contributed by atoms with van der Waals surface area (Å²) in [6.45, 7) is 7.87. The predicted octanol–water partition coefficient (Wildman–Crippen LogP) is 0.917. The number of nitrogens with one attached hydrogen (secondary N) is 1. The van der Waals surface area contributed by atoms with Gasteiger partial charge in [-0.2, -0.15) is 0 Å². The summed E-state index contributed by atoms with van der Waals surface area (Å²) >= 11 is 0. The van der Waals surface area contributed by atoms with Gasteiger partial charge in [-0.15, -0.1) is 0 Å². The minimum Gasteiger partial charge on any atom is -0.377 e. The van der Waals surface area contributed by atoms with Gasteiger partial charge in [-0.05, 0) is 14.0 Å². The molecule has 2 heteroatoms. The molecule has 2 nitrogen and oxygen atoms in total. The zero-order valence-electron chi connectivity index (χ0n) is 6.57. The van der Waals surface area contributed by atoms with Crippen LogP contribution in [0.1, 0.15) is 8.35 Å². The molecule has 0 radical (unpaired) electrons. The van der Waals surface area contributed by atoms with E-state index in [2.05, 4.69) is 16.8 Å². The summed E-state index contributed by atoms with van der Waals surface area (Å²) in [5, 5.41) is 3.07. The number of nitrogens with zero attached hydrogens (tertiary/aromatic N) is 1. The van der Waals surface area contributed by atoms with Crippen molar-refractivity contribution in [1.29, 1.82) is 0 Å². The molecular formula is C7H18N2. The van der Waals surface area contributed by atoms with Gasteiger partial charge in [0.2, 0.25) is 0 Å². The van der Waals surface area contributed by atoms with Crippen LogP contribution in [-0.4, -0.2) is 32.1 Å². The average Bonchev–Trinajstić information content (AvgIpc) is 1.82. The average molecular weight is 130 g/mol. The van der Waals surface area contributed by atoms with Crippen LogP contribution < -0.4 is 5.32 Å². The third kappa shape index (κ3) is 4.03. The molecule has 0 aliphatic carbocycles. The topological polar surface area (TPSA) is 15.3 Å². The maximum absolute atomic E-state index is 3.81. The fraction of sp³-hybridized carbons (Fsp3) is 0.714. The molecule has 0 aromatic carbocycles. The second-order valence-electron chi connectivity index (χ2n) is 2.26. The minimum atomic E-state index is 0.